The Bertz CT molecular complexity index is 572. The second-order valence-electron chi connectivity index (χ2n) is 6.65. The lowest BCUT2D eigenvalue weighted by atomic mass is 9.85. The highest BCUT2D eigenvalue weighted by Crippen LogP contribution is 2.32. The molecule has 0 spiro atoms. The quantitative estimate of drug-likeness (QED) is 0.437. The number of aryl methyl sites for hydroxylation is 1. The monoisotopic (exact) mass is 310 g/mol. The molecule has 0 saturated heterocycles. The SMILES string of the molecule is C=C/C(=C(\C=C/C)c1cc(C(C)CCC)ccc1C)C(C)CC. The summed E-state index contributed by atoms with van der Waals surface area (Å²) >= 11 is 0. The summed E-state index contributed by atoms with van der Waals surface area (Å²) in [7, 11) is 0. The molecule has 0 heteroatoms. The molecule has 0 aliphatic carbocycles. The van der Waals surface area contributed by atoms with Crippen molar-refractivity contribution in [1.82, 2.24) is 0 Å². The molecule has 126 valence electrons. The van der Waals surface area contributed by atoms with E-state index in [1.165, 1.54) is 40.7 Å². The molecule has 2 unspecified atom stereocenters. The normalized spacial score (nSPS) is 15.4. The van der Waals surface area contributed by atoms with Crippen LogP contribution in [-0.2, 0) is 0 Å². The molecule has 0 bridgehead atoms. The van der Waals surface area contributed by atoms with Crippen LogP contribution in [0.25, 0.3) is 5.57 Å². The Kier molecular flexibility index (Phi) is 8.09. The summed E-state index contributed by atoms with van der Waals surface area (Å²) in [6, 6.07) is 6.97. The van der Waals surface area contributed by atoms with Gasteiger partial charge in [0.05, 0.1) is 0 Å². The Labute approximate surface area is 144 Å². The molecule has 1 aromatic carbocycles. The van der Waals surface area contributed by atoms with E-state index in [4.69, 9.17) is 0 Å². The molecule has 0 aliphatic rings. The van der Waals surface area contributed by atoms with E-state index in [1.54, 1.807) is 0 Å². The van der Waals surface area contributed by atoms with Gasteiger partial charge in [-0.1, -0.05) is 77.1 Å². The maximum Gasteiger partial charge on any atom is -0.0149 e. The molecule has 2 atom stereocenters. The fourth-order valence-corrected chi connectivity index (χ4v) is 3.14. The topological polar surface area (TPSA) is 0 Å². The maximum absolute atomic E-state index is 4.08. The summed E-state index contributed by atoms with van der Waals surface area (Å²) in [6.45, 7) is 17.5. The standard InChI is InChI=1S/C23H34/c1-8-12-18(6)20-15-14-19(7)23(16-20)22(13-9-2)21(11-4)17(5)10-3/h9,11,13-18H,4,8,10,12H2,1-3,5-7H3/b13-9-,22-21-. The summed E-state index contributed by atoms with van der Waals surface area (Å²) in [4.78, 5) is 0. The van der Waals surface area contributed by atoms with Gasteiger partial charge in [-0.05, 0) is 66.4 Å². The summed E-state index contributed by atoms with van der Waals surface area (Å²) in [5, 5.41) is 0. The Hall–Kier alpha value is -1.56. The molecular formula is C23H34. The molecule has 0 fully saturated rings. The molecule has 0 nitrogen and oxygen atoms in total. The van der Waals surface area contributed by atoms with Crippen molar-refractivity contribution in [1.29, 1.82) is 0 Å². The fraction of sp³-hybridized carbons (Fsp3) is 0.478. The van der Waals surface area contributed by atoms with Gasteiger partial charge in [0.15, 0.2) is 0 Å². The average Bonchev–Trinajstić information content (AvgIpc) is 2.55. The predicted molar refractivity (Wildman–Crippen MR) is 106 cm³/mol. The maximum atomic E-state index is 4.08. The van der Waals surface area contributed by atoms with Crippen LogP contribution >= 0.6 is 0 Å². The van der Waals surface area contributed by atoms with Gasteiger partial charge in [-0.25, -0.2) is 0 Å². The molecule has 1 rings (SSSR count). The van der Waals surface area contributed by atoms with E-state index in [0.717, 1.165) is 6.42 Å². The van der Waals surface area contributed by atoms with Gasteiger partial charge in [0.25, 0.3) is 0 Å². The Morgan fingerprint density at radius 1 is 1.22 bits per heavy atom. The summed E-state index contributed by atoms with van der Waals surface area (Å²) < 4.78 is 0. The van der Waals surface area contributed by atoms with E-state index in [0.29, 0.717) is 11.8 Å². The van der Waals surface area contributed by atoms with Crippen LogP contribution in [0, 0.1) is 12.8 Å². The Balaban J connectivity index is 3.51. The van der Waals surface area contributed by atoms with Crippen molar-refractivity contribution >= 4 is 5.57 Å². The van der Waals surface area contributed by atoms with Crippen LogP contribution in [0.4, 0.5) is 0 Å². The zero-order valence-corrected chi connectivity index (χ0v) is 15.9. The molecule has 0 N–H and O–H groups in total. The average molecular weight is 311 g/mol. The number of rotatable bonds is 8. The summed E-state index contributed by atoms with van der Waals surface area (Å²) in [6.07, 6.45) is 10.0. The molecule has 0 radical (unpaired) electrons. The van der Waals surface area contributed by atoms with E-state index >= 15 is 0 Å². The van der Waals surface area contributed by atoms with E-state index < -0.39 is 0 Å². The lowest BCUT2D eigenvalue weighted by Gasteiger charge is -2.19. The molecule has 1 aromatic rings. The van der Waals surface area contributed by atoms with Crippen LogP contribution in [-0.4, -0.2) is 0 Å². The van der Waals surface area contributed by atoms with Crippen LogP contribution in [0.15, 0.2) is 48.6 Å². The van der Waals surface area contributed by atoms with Crippen molar-refractivity contribution in [3.05, 3.63) is 65.3 Å². The lowest BCUT2D eigenvalue weighted by Crippen LogP contribution is -2.02. The zero-order chi connectivity index (χ0) is 17.4. The summed E-state index contributed by atoms with van der Waals surface area (Å²) in [5.74, 6) is 1.14. The van der Waals surface area contributed by atoms with Crippen molar-refractivity contribution in [2.45, 2.75) is 66.7 Å². The predicted octanol–water partition coefficient (Wildman–Crippen LogP) is 7.46. The van der Waals surface area contributed by atoms with Gasteiger partial charge in [-0.15, -0.1) is 0 Å². The van der Waals surface area contributed by atoms with E-state index in [9.17, 15) is 0 Å². The first-order chi connectivity index (χ1) is 11.0. The molecule has 0 aliphatic heterocycles. The third-order valence-corrected chi connectivity index (χ3v) is 4.85. The second-order valence-corrected chi connectivity index (χ2v) is 6.65. The van der Waals surface area contributed by atoms with Crippen LogP contribution in [0.5, 0.6) is 0 Å². The highest BCUT2D eigenvalue weighted by Gasteiger charge is 2.14. The van der Waals surface area contributed by atoms with Crippen LogP contribution in [0.3, 0.4) is 0 Å². The first-order valence-corrected chi connectivity index (χ1v) is 9.10. The first kappa shape index (κ1) is 19.5. The molecule has 23 heavy (non-hydrogen) atoms. The van der Waals surface area contributed by atoms with Crippen molar-refractivity contribution < 1.29 is 0 Å². The number of allylic oxidation sites excluding steroid dienone is 5. The first-order valence-electron chi connectivity index (χ1n) is 9.10. The van der Waals surface area contributed by atoms with E-state index in [-0.39, 0.29) is 0 Å². The van der Waals surface area contributed by atoms with E-state index in [2.05, 4.69) is 78.5 Å². The van der Waals surface area contributed by atoms with Gasteiger partial charge >= 0.3 is 0 Å². The van der Waals surface area contributed by atoms with Crippen LogP contribution in [0.1, 0.15) is 76.5 Å². The van der Waals surface area contributed by atoms with Crippen molar-refractivity contribution in [2.75, 3.05) is 0 Å². The van der Waals surface area contributed by atoms with Gasteiger partial charge in [0.1, 0.15) is 0 Å². The van der Waals surface area contributed by atoms with Crippen molar-refractivity contribution in [3.63, 3.8) is 0 Å². The van der Waals surface area contributed by atoms with Crippen LogP contribution in [0.2, 0.25) is 0 Å². The van der Waals surface area contributed by atoms with Crippen molar-refractivity contribution in [2.24, 2.45) is 5.92 Å². The van der Waals surface area contributed by atoms with E-state index in [1.807, 2.05) is 6.08 Å². The Morgan fingerprint density at radius 3 is 2.43 bits per heavy atom. The van der Waals surface area contributed by atoms with Gasteiger partial charge in [-0.3, -0.25) is 0 Å². The van der Waals surface area contributed by atoms with Gasteiger partial charge in [0, 0.05) is 0 Å². The molecular weight excluding hydrogens is 276 g/mol. The van der Waals surface area contributed by atoms with Crippen LogP contribution < -0.4 is 0 Å². The zero-order valence-electron chi connectivity index (χ0n) is 15.9. The fourth-order valence-electron chi connectivity index (χ4n) is 3.14. The Morgan fingerprint density at radius 2 is 1.91 bits per heavy atom. The minimum absolute atomic E-state index is 0.523. The van der Waals surface area contributed by atoms with Gasteiger partial charge in [0.2, 0.25) is 0 Å². The molecule has 0 amide bonds. The smallest absolute Gasteiger partial charge is 0.0149 e. The molecule has 0 heterocycles. The number of hydrogen-bond acceptors (Lipinski definition) is 0. The molecule has 0 aromatic heterocycles. The number of hydrogen-bond donors (Lipinski definition) is 0. The highest BCUT2D eigenvalue weighted by atomic mass is 14.2. The van der Waals surface area contributed by atoms with Gasteiger partial charge in [-0.2, -0.15) is 0 Å². The lowest BCUT2D eigenvalue weighted by molar-refractivity contribution is 0.664. The summed E-state index contributed by atoms with van der Waals surface area (Å²) in [5.41, 5.74) is 6.84. The third-order valence-electron chi connectivity index (χ3n) is 4.85. The second kappa shape index (κ2) is 9.55. The minimum Gasteiger partial charge on any atom is -0.0988 e. The van der Waals surface area contributed by atoms with Crippen molar-refractivity contribution in [3.8, 4) is 0 Å². The van der Waals surface area contributed by atoms with Gasteiger partial charge < -0.3 is 0 Å². The minimum atomic E-state index is 0.523. The highest BCUT2D eigenvalue weighted by molar-refractivity contribution is 5.80. The molecule has 0 saturated carbocycles. The number of benzene rings is 1. The third kappa shape index (κ3) is 4.96. The largest absolute Gasteiger partial charge is 0.0988 e.